The first kappa shape index (κ1) is 17.1. The van der Waals surface area contributed by atoms with Crippen LogP contribution in [0.5, 0.6) is 0 Å². The first-order valence-electron chi connectivity index (χ1n) is 7.76. The van der Waals surface area contributed by atoms with Crippen LogP contribution in [0.3, 0.4) is 0 Å². The lowest BCUT2D eigenvalue weighted by molar-refractivity contribution is 0.580. The molecule has 25 heavy (non-hydrogen) atoms. The Morgan fingerprint density at radius 3 is 2.36 bits per heavy atom. The average Bonchev–Trinajstić information content (AvgIpc) is 2.93. The van der Waals surface area contributed by atoms with Gasteiger partial charge in [-0.3, -0.25) is 0 Å². The van der Waals surface area contributed by atoms with E-state index in [4.69, 9.17) is 5.73 Å². The predicted molar refractivity (Wildman–Crippen MR) is 97.7 cm³/mol. The van der Waals surface area contributed by atoms with Crippen molar-refractivity contribution in [2.75, 3.05) is 5.73 Å². The highest BCUT2D eigenvalue weighted by molar-refractivity contribution is 7.90. The molecule has 130 valence electrons. The molecular weight excluding hydrogens is 340 g/mol. The van der Waals surface area contributed by atoms with Crippen molar-refractivity contribution in [1.29, 1.82) is 0 Å². The first-order chi connectivity index (χ1) is 11.9. The fourth-order valence-corrected chi connectivity index (χ4v) is 3.89. The van der Waals surface area contributed by atoms with Crippen molar-refractivity contribution in [2.24, 2.45) is 5.18 Å². The van der Waals surface area contributed by atoms with Crippen molar-refractivity contribution in [3.8, 4) is 0 Å². The molecular formula is C17H18N4O3S. The normalized spacial score (nSPS) is 13.2. The molecule has 0 saturated heterocycles. The molecule has 0 aliphatic carbocycles. The van der Waals surface area contributed by atoms with Gasteiger partial charge >= 0.3 is 0 Å². The SMILES string of the molecule is CC(C)S(=O)(=O)n1c(N)nc2c(C(N=O)c3ccccc3)cccc21. The van der Waals surface area contributed by atoms with Crippen LogP contribution in [0.25, 0.3) is 11.0 Å². The smallest absolute Gasteiger partial charge is 0.244 e. The zero-order valence-corrected chi connectivity index (χ0v) is 14.6. The third kappa shape index (κ3) is 2.78. The van der Waals surface area contributed by atoms with Crippen LogP contribution < -0.4 is 5.73 Å². The second-order valence-corrected chi connectivity index (χ2v) is 8.30. The number of fused-ring (bicyclic) bond motifs is 1. The van der Waals surface area contributed by atoms with Crippen molar-refractivity contribution >= 4 is 27.0 Å². The molecule has 1 atom stereocenters. The second kappa shape index (κ2) is 6.29. The molecule has 2 N–H and O–H groups in total. The summed E-state index contributed by atoms with van der Waals surface area (Å²) < 4.78 is 26.2. The molecule has 0 fully saturated rings. The molecule has 0 saturated carbocycles. The van der Waals surface area contributed by atoms with Crippen LogP contribution in [-0.4, -0.2) is 22.6 Å². The van der Waals surface area contributed by atoms with Crippen LogP contribution in [0.2, 0.25) is 0 Å². The fourth-order valence-electron chi connectivity index (χ4n) is 2.75. The monoisotopic (exact) mass is 358 g/mol. The Hall–Kier alpha value is -2.74. The lowest BCUT2D eigenvalue weighted by Crippen LogP contribution is -2.23. The Labute approximate surface area is 145 Å². The molecule has 7 nitrogen and oxygen atoms in total. The summed E-state index contributed by atoms with van der Waals surface area (Å²) >= 11 is 0. The van der Waals surface area contributed by atoms with Gasteiger partial charge in [-0.15, -0.1) is 4.91 Å². The number of benzene rings is 2. The van der Waals surface area contributed by atoms with Gasteiger partial charge in [-0.05, 0) is 25.5 Å². The lowest BCUT2D eigenvalue weighted by atomic mass is 9.98. The summed E-state index contributed by atoms with van der Waals surface area (Å²) in [5.41, 5.74) is 7.81. The van der Waals surface area contributed by atoms with E-state index in [1.165, 1.54) is 0 Å². The summed E-state index contributed by atoms with van der Waals surface area (Å²) in [6.07, 6.45) is 0. The van der Waals surface area contributed by atoms with E-state index in [0.717, 1.165) is 3.97 Å². The van der Waals surface area contributed by atoms with E-state index in [2.05, 4.69) is 10.2 Å². The van der Waals surface area contributed by atoms with Gasteiger partial charge in [0.05, 0.1) is 16.3 Å². The van der Waals surface area contributed by atoms with Gasteiger partial charge in [0.15, 0.2) is 0 Å². The number of anilines is 1. The topological polar surface area (TPSA) is 107 Å². The standard InChI is InChI=1S/C17H18N4O3S/c1-11(2)25(23,24)21-14-10-6-9-13(16(14)19-17(21)18)15(20-22)12-7-4-3-5-8-12/h3-11,15H,1-2H3,(H2,18,19). The number of para-hydroxylation sites is 1. The number of nitroso groups, excluding NO2 is 1. The van der Waals surface area contributed by atoms with Gasteiger partial charge in [0.1, 0.15) is 6.04 Å². The maximum Gasteiger partial charge on any atom is 0.244 e. The molecule has 3 rings (SSSR count). The number of nitrogens with two attached hydrogens (primary N) is 1. The molecule has 3 aromatic rings. The molecule has 2 aromatic carbocycles. The van der Waals surface area contributed by atoms with Gasteiger partial charge in [0.2, 0.25) is 16.0 Å². The zero-order valence-electron chi connectivity index (χ0n) is 13.8. The summed E-state index contributed by atoms with van der Waals surface area (Å²) in [6, 6.07) is 13.2. The molecule has 0 aliphatic heterocycles. The third-order valence-corrected chi connectivity index (χ3v) is 6.15. The predicted octanol–water partition coefficient (Wildman–Crippen LogP) is 3.06. The Bertz CT molecular complexity index is 1030. The van der Waals surface area contributed by atoms with Gasteiger partial charge in [0, 0.05) is 5.56 Å². The van der Waals surface area contributed by atoms with Crippen LogP contribution in [-0.2, 0) is 10.0 Å². The van der Waals surface area contributed by atoms with E-state index in [9.17, 15) is 13.3 Å². The van der Waals surface area contributed by atoms with Crippen molar-refractivity contribution in [2.45, 2.75) is 25.1 Å². The van der Waals surface area contributed by atoms with Crippen molar-refractivity contribution in [1.82, 2.24) is 8.96 Å². The summed E-state index contributed by atoms with van der Waals surface area (Å²) in [4.78, 5) is 15.7. The summed E-state index contributed by atoms with van der Waals surface area (Å²) in [5, 5.41) is 2.56. The van der Waals surface area contributed by atoms with E-state index in [1.807, 2.05) is 18.2 Å². The number of hydrogen-bond acceptors (Lipinski definition) is 6. The maximum absolute atomic E-state index is 12.6. The number of nitrogen functional groups attached to an aromatic ring is 1. The average molecular weight is 358 g/mol. The Morgan fingerprint density at radius 2 is 1.76 bits per heavy atom. The lowest BCUT2D eigenvalue weighted by Gasteiger charge is -2.12. The number of rotatable bonds is 5. The summed E-state index contributed by atoms with van der Waals surface area (Å²) in [7, 11) is -3.68. The highest BCUT2D eigenvalue weighted by Crippen LogP contribution is 2.33. The molecule has 0 amide bonds. The molecule has 1 heterocycles. The van der Waals surface area contributed by atoms with Crippen LogP contribution in [0.1, 0.15) is 31.0 Å². The Kier molecular flexibility index (Phi) is 4.30. The van der Waals surface area contributed by atoms with Crippen molar-refractivity contribution in [3.05, 3.63) is 64.6 Å². The summed E-state index contributed by atoms with van der Waals surface area (Å²) in [6.45, 7) is 3.15. The third-order valence-electron chi connectivity index (χ3n) is 4.06. The van der Waals surface area contributed by atoms with E-state index in [0.29, 0.717) is 22.2 Å². The molecule has 0 radical (unpaired) electrons. The van der Waals surface area contributed by atoms with Gasteiger partial charge in [-0.2, -0.15) is 0 Å². The van der Waals surface area contributed by atoms with Crippen LogP contribution >= 0.6 is 0 Å². The Morgan fingerprint density at radius 1 is 1.08 bits per heavy atom. The van der Waals surface area contributed by atoms with Crippen LogP contribution in [0.15, 0.2) is 53.7 Å². The van der Waals surface area contributed by atoms with E-state index < -0.39 is 21.3 Å². The highest BCUT2D eigenvalue weighted by Gasteiger charge is 2.27. The minimum atomic E-state index is -3.68. The zero-order chi connectivity index (χ0) is 18.2. The minimum Gasteiger partial charge on any atom is -0.368 e. The van der Waals surface area contributed by atoms with Gasteiger partial charge in [-0.1, -0.05) is 47.6 Å². The first-order valence-corrected chi connectivity index (χ1v) is 9.27. The molecule has 8 heteroatoms. The van der Waals surface area contributed by atoms with E-state index in [-0.39, 0.29) is 5.95 Å². The second-order valence-electron chi connectivity index (χ2n) is 5.96. The largest absolute Gasteiger partial charge is 0.368 e. The minimum absolute atomic E-state index is 0.131. The van der Waals surface area contributed by atoms with Crippen LogP contribution in [0, 0.1) is 4.91 Å². The highest BCUT2D eigenvalue weighted by atomic mass is 32.2. The van der Waals surface area contributed by atoms with Gasteiger partial charge < -0.3 is 5.73 Å². The molecule has 1 aromatic heterocycles. The summed E-state index contributed by atoms with van der Waals surface area (Å²) in [5.74, 6) is -0.131. The number of nitrogens with zero attached hydrogens (tertiary/aromatic N) is 3. The van der Waals surface area contributed by atoms with E-state index in [1.54, 1.807) is 44.2 Å². The van der Waals surface area contributed by atoms with Crippen molar-refractivity contribution in [3.63, 3.8) is 0 Å². The van der Waals surface area contributed by atoms with Gasteiger partial charge in [-0.25, -0.2) is 17.4 Å². The van der Waals surface area contributed by atoms with E-state index >= 15 is 0 Å². The maximum atomic E-state index is 12.6. The Balaban J connectivity index is 2.28. The van der Waals surface area contributed by atoms with Crippen LogP contribution in [0.4, 0.5) is 5.95 Å². The number of hydrogen-bond donors (Lipinski definition) is 1. The fraction of sp³-hybridized carbons (Fsp3) is 0.235. The van der Waals surface area contributed by atoms with Crippen molar-refractivity contribution < 1.29 is 8.42 Å². The quantitative estimate of drug-likeness (QED) is 0.705. The van der Waals surface area contributed by atoms with Gasteiger partial charge in [0.25, 0.3) is 0 Å². The molecule has 0 bridgehead atoms. The molecule has 1 unspecified atom stereocenters. The number of imidazole rings is 1. The molecule has 0 aliphatic rings. The number of aromatic nitrogens is 2. The molecule has 0 spiro atoms.